The zero-order valence-corrected chi connectivity index (χ0v) is 38.8. The van der Waals surface area contributed by atoms with Crippen molar-refractivity contribution >= 4 is 41.4 Å². The molecule has 5 N–H and O–H groups in total. The summed E-state index contributed by atoms with van der Waals surface area (Å²) in [4.78, 5) is 92.7. The highest BCUT2D eigenvalue weighted by atomic mass is 16.5. The zero-order chi connectivity index (χ0) is 46.0. The number of allylic oxidation sites excluding steroid dienone is 1. The van der Waals surface area contributed by atoms with Crippen LogP contribution in [-0.2, 0) is 43.0 Å². The van der Waals surface area contributed by atoms with E-state index in [1.807, 2.05) is 37.6 Å². The quantitative estimate of drug-likeness (QED) is 0.0408. The lowest BCUT2D eigenvalue weighted by molar-refractivity contribution is -0.141. The third-order valence-corrected chi connectivity index (χ3v) is 12.4. The summed E-state index contributed by atoms with van der Waals surface area (Å²) in [6, 6.07) is -0.917. The Morgan fingerprint density at radius 2 is 1.51 bits per heavy atom. The molecule has 7 amide bonds. The molecule has 8 atom stereocenters. The molecule has 0 aromatic carbocycles. The minimum absolute atomic E-state index is 0.0139. The van der Waals surface area contributed by atoms with E-state index in [-0.39, 0.29) is 96.6 Å². The number of rotatable bonds is 27. The van der Waals surface area contributed by atoms with Gasteiger partial charge in [0, 0.05) is 52.3 Å². The van der Waals surface area contributed by atoms with Gasteiger partial charge in [-0.25, -0.2) is 0 Å². The highest BCUT2D eigenvalue weighted by Gasteiger charge is 2.40. The summed E-state index contributed by atoms with van der Waals surface area (Å²) < 4.78 is 11.7. The second-order valence-electron chi connectivity index (χ2n) is 17.6. The van der Waals surface area contributed by atoms with Crippen molar-refractivity contribution < 1.29 is 43.0 Å². The average Bonchev–Trinajstić information content (AvgIpc) is 3.82. The van der Waals surface area contributed by atoms with E-state index in [0.717, 1.165) is 24.8 Å². The molecule has 16 nitrogen and oxygen atoms in total. The summed E-state index contributed by atoms with van der Waals surface area (Å²) in [5.74, 6) is -2.29. The van der Waals surface area contributed by atoms with Crippen LogP contribution in [0.15, 0.2) is 23.8 Å². The molecular formula is C45H77N7O9. The fourth-order valence-corrected chi connectivity index (χ4v) is 8.76. The van der Waals surface area contributed by atoms with Gasteiger partial charge >= 0.3 is 0 Å². The third kappa shape index (κ3) is 16.2. The molecule has 1 fully saturated rings. The molecule has 7 unspecified atom stereocenters. The molecule has 0 bridgehead atoms. The number of methoxy groups -OCH3 is 2. The van der Waals surface area contributed by atoms with Crippen molar-refractivity contribution in [3.05, 3.63) is 23.8 Å². The average molecular weight is 860 g/mol. The van der Waals surface area contributed by atoms with Crippen LogP contribution in [0, 0.1) is 29.6 Å². The van der Waals surface area contributed by atoms with Crippen molar-refractivity contribution in [1.29, 1.82) is 0 Å². The molecule has 0 spiro atoms. The number of ether oxygens (including phenoxy) is 2. The Morgan fingerprint density at radius 1 is 0.902 bits per heavy atom. The SMILES string of the molecule is CCC(/C=C(\C)[C@@H](NC(=O)C(C(C)C)N(C)CCCC(=O)NNC(=O)CCCCCN1C(=O)C=CC1=O)C(C)C)C(C)C(CC(=O)N1CCCC1C(OC)C(C)C(N)=O)OC. The Bertz CT molecular complexity index is 1530. The molecule has 16 heteroatoms. The van der Waals surface area contributed by atoms with Crippen LogP contribution >= 0.6 is 0 Å². The first-order valence-corrected chi connectivity index (χ1v) is 22.2. The molecule has 0 saturated carbocycles. The summed E-state index contributed by atoms with van der Waals surface area (Å²) >= 11 is 0. The Balaban J connectivity index is 1.94. The lowest BCUT2D eigenvalue weighted by Crippen LogP contribution is -2.52. The number of carbonyl (C=O) groups excluding carboxylic acids is 7. The molecule has 61 heavy (non-hydrogen) atoms. The van der Waals surface area contributed by atoms with Gasteiger partial charge in [-0.15, -0.1) is 0 Å². The van der Waals surface area contributed by atoms with Crippen LogP contribution in [0.25, 0.3) is 0 Å². The van der Waals surface area contributed by atoms with Crippen LogP contribution in [0.2, 0.25) is 0 Å². The number of unbranched alkanes of at least 4 members (excludes halogenated alkanes) is 2. The van der Waals surface area contributed by atoms with Gasteiger partial charge in [-0.1, -0.05) is 66.5 Å². The number of nitrogens with one attached hydrogen (secondary N) is 3. The number of hydrogen-bond donors (Lipinski definition) is 4. The summed E-state index contributed by atoms with van der Waals surface area (Å²) in [5.41, 5.74) is 11.5. The highest BCUT2D eigenvalue weighted by Crippen LogP contribution is 2.31. The predicted octanol–water partition coefficient (Wildman–Crippen LogP) is 3.64. The van der Waals surface area contributed by atoms with Crippen LogP contribution in [-0.4, -0.2) is 127 Å². The largest absolute Gasteiger partial charge is 0.381 e. The van der Waals surface area contributed by atoms with Crippen LogP contribution in [0.4, 0.5) is 0 Å². The van der Waals surface area contributed by atoms with Crippen LogP contribution in [0.5, 0.6) is 0 Å². The van der Waals surface area contributed by atoms with Gasteiger partial charge < -0.3 is 25.4 Å². The summed E-state index contributed by atoms with van der Waals surface area (Å²) in [7, 11) is 5.06. The second-order valence-corrected chi connectivity index (χ2v) is 17.6. The Morgan fingerprint density at radius 3 is 2.03 bits per heavy atom. The van der Waals surface area contributed by atoms with Gasteiger partial charge in [-0.2, -0.15) is 0 Å². The standard InChI is InChI=1S/C45H77N7O9/c1-12-33(31(7)35(60-10)27-40(57)51-25-16-18-34(51)43(61-11)32(8)44(46)58)26-30(6)41(28(2)3)47-45(59)42(29(4)5)50(9)23-17-20-37(54)49-48-36(53)19-14-13-15-24-52-38(55)21-22-39(52)56/h21-22,26,28-29,31-35,41-43H,12-20,23-25,27H2,1-11H3,(H2,46,58)(H,47,59)(H,48,53)(H,49,54)/b30-26+/t31?,32?,33?,34?,35?,41-,42?,43?/m0/s1. The topological polar surface area (TPSA) is 210 Å². The Labute approximate surface area is 364 Å². The van der Waals surface area contributed by atoms with Gasteiger partial charge in [0.15, 0.2) is 0 Å². The monoisotopic (exact) mass is 860 g/mol. The molecular weight excluding hydrogens is 783 g/mol. The molecule has 0 aromatic heterocycles. The van der Waals surface area contributed by atoms with Gasteiger partial charge in [0.05, 0.1) is 42.7 Å². The lowest BCUT2D eigenvalue weighted by Gasteiger charge is -2.35. The van der Waals surface area contributed by atoms with Crippen molar-refractivity contribution in [2.24, 2.45) is 35.3 Å². The van der Waals surface area contributed by atoms with E-state index in [4.69, 9.17) is 15.2 Å². The lowest BCUT2D eigenvalue weighted by atomic mass is 9.82. The molecule has 0 radical (unpaired) electrons. The number of likely N-dealkylation sites (tertiary alicyclic amines) is 1. The molecule has 2 rings (SSSR count). The third-order valence-electron chi connectivity index (χ3n) is 12.4. The van der Waals surface area contributed by atoms with E-state index in [0.29, 0.717) is 45.3 Å². The Hall–Kier alpha value is -4.15. The minimum Gasteiger partial charge on any atom is -0.381 e. The van der Waals surface area contributed by atoms with Crippen molar-refractivity contribution in [2.45, 2.75) is 150 Å². The zero-order valence-electron chi connectivity index (χ0n) is 38.8. The second kappa shape index (κ2) is 26.4. The van der Waals surface area contributed by atoms with E-state index in [1.54, 1.807) is 21.1 Å². The van der Waals surface area contributed by atoms with E-state index < -0.39 is 24.0 Å². The van der Waals surface area contributed by atoms with Crippen LogP contribution < -0.4 is 21.9 Å². The maximum Gasteiger partial charge on any atom is 0.253 e. The van der Waals surface area contributed by atoms with E-state index in [1.165, 1.54) is 17.1 Å². The number of hydrogen-bond acceptors (Lipinski definition) is 10. The summed E-state index contributed by atoms with van der Waals surface area (Å²) in [6.45, 7) is 17.5. The molecule has 2 heterocycles. The molecule has 0 aromatic rings. The number of likely N-dealkylation sites (N-methyl/N-ethyl adjacent to an activating group) is 1. The Kier molecular flexibility index (Phi) is 22.9. The number of amides is 7. The summed E-state index contributed by atoms with van der Waals surface area (Å²) in [6.07, 6.45) is 9.05. The summed E-state index contributed by atoms with van der Waals surface area (Å²) in [5, 5.41) is 3.32. The number of nitrogens with zero attached hydrogens (tertiary/aromatic N) is 3. The van der Waals surface area contributed by atoms with Crippen molar-refractivity contribution in [3.8, 4) is 0 Å². The maximum absolute atomic E-state index is 14.0. The van der Waals surface area contributed by atoms with Crippen LogP contribution in [0.3, 0.4) is 0 Å². The number of nitrogens with two attached hydrogens (primary N) is 1. The molecule has 346 valence electrons. The number of hydrazine groups is 1. The van der Waals surface area contributed by atoms with Gasteiger partial charge in [-0.3, -0.25) is 54.2 Å². The predicted molar refractivity (Wildman–Crippen MR) is 234 cm³/mol. The van der Waals surface area contributed by atoms with Crippen molar-refractivity contribution in [2.75, 3.05) is 40.9 Å². The first-order chi connectivity index (χ1) is 28.8. The van der Waals surface area contributed by atoms with Gasteiger partial charge in [0.2, 0.25) is 29.5 Å². The van der Waals surface area contributed by atoms with Gasteiger partial charge in [-0.05, 0) is 82.7 Å². The van der Waals surface area contributed by atoms with Gasteiger partial charge in [0.1, 0.15) is 0 Å². The fraction of sp³-hybridized carbons (Fsp3) is 0.756. The molecule has 0 aliphatic carbocycles. The van der Waals surface area contributed by atoms with Crippen LogP contribution in [0.1, 0.15) is 120 Å². The maximum atomic E-state index is 14.0. The number of imide groups is 1. The first kappa shape index (κ1) is 53.0. The van der Waals surface area contributed by atoms with E-state index >= 15 is 0 Å². The van der Waals surface area contributed by atoms with Crippen molar-refractivity contribution in [3.63, 3.8) is 0 Å². The fourth-order valence-electron chi connectivity index (χ4n) is 8.76. The first-order valence-electron chi connectivity index (χ1n) is 22.2. The van der Waals surface area contributed by atoms with E-state index in [2.05, 4.69) is 49.9 Å². The molecule has 2 aliphatic heterocycles. The molecule has 2 aliphatic rings. The number of carbonyl (C=O) groups is 7. The number of primary amides is 1. The molecule has 1 saturated heterocycles. The minimum atomic E-state index is -0.534. The van der Waals surface area contributed by atoms with E-state index in [9.17, 15) is 33.6 Å². The smallest absolute Gasteiger partial charge is 0.253 e. The van der Waals surface area contributed by atoms with Gasteiger partial charge in [0.25, 0.3) is 11.8 Å². The van der Waals surface area contributed by atoms with Crippen molar-refractivity contribution in [1.82, 2.24) is 30.9 Å². The normalized spacial score (nSPS) is 19.2. The highest BCUT2D eigenvalue weighted by molar-refractivity contribution is 6.12.